The van der Waals surface area contributed by atoms with Crippen LogP contribution in [0.5, 0.6) is 0 Å². The number of rotatable bonds is 4. The standard InChI is InChI=1S/C11H12ClNO2/c1-2-15-10(14)7-3-5-9-6-4-8-13-11(9)12/h3-6,8H,2,7H2,1H3. The van der Waals surface area contributed by atoms with Crippen molar-refractivity contribution in [2.75, 3.05) is 6.61 Å². The van der Waals surface area contributed by atoms with Gasteiger partial charge in [0.2, 0.25) is 0 Å². The number of pyridine rings is 1. The summed E-state index contributed by atoms with van der Waals surface area (Å²) in [5, 5.41) is 0.428. The molecule has 1 heterocycles. The number of esters is 1. The van der Waals surface area contributed by atoms with Gasteiger partial charge in [0, 0.05) is 11.8 Å². The Morgan fingerprint density at radius 3 is 3.13 bits per heavy atom. The lowest BCUT2D eigenvalue weighted by atomic mass is 10.2. The van der Waals surface area contributed by atoms with E-state index in [9.17, 15) is 4.79 Å². The molecule has 0 fully saturated rings. The molecule has 0 unspecified atom stereocenters. The predicted octanol–water partition coefficient (Wildman–Crippen LogP) is 2.70. The number of carbonyl (C=O) groups excluding carboxylic acids is 1. The zero-order valence-corrected chi connectivity index (χ0v) is 9.20. The largest absolute Gasteiger partial charge is 0.466 e. The second kappa shape index (κ2) is 6.19. The monoisotopic (exact) mass is 225 g/mol. The van der Waals surface area contributed by atoms with Crippen molar-refractivity contribution in [3.63, 3.8) is 0 Å². The molecule has 80 valence electrons. The second-order valence-corrected chi connectivity index (χ2v) is 3.15. The van der Waals surface area contributed by atoms with Gasteiger partial charge < -0.3 is 4.74 Å². The summed E-state index contributed by atoms with van der Waals surface area (Å²) >= 11 is 5.82. The molecule has 0 bridgehead atoms. The van der Waals surface area contributed by atoms with Crippen LogP contribution in [-0.4, -0.2) is 17.6 Å². The van der Waals surface area contributed by atoms with Crippen molar-refractivity contribution in [2.45, 2.75) is 13.3 Å². The van der Waals surface area contributed by atoms with E-state index in [0.717, 1.165) is 5.56 Å². The van der Waals surface area contributed by atoms with E-state index >= 15 is 0 Å². The van der Waals surface area contributed by atoms with Gasteiger partial charge in [-0.1, -0.05) is 29.8 Å². The molecule has 1 aromatic rings. The Morgan fingerprint density at radius 2 is 2.47 bits per heavy atom. The van der Waals surface area contributed by atoms with Gasteiger partial charge in [-0.25, -0.2) is 4.98 Å². The number of halogens is 1. The fourth-order valence-electron chi connectivity index (χ4n) is 1.02. The maximum atomic E-state index is 11.0. The number of ether oxygens (including phenoxy) is 1. The number of aromatic nitrogens is 1. The molecule has 0 N–H and O–H groups in total. The maximum Gasteiger partial charge on any atom is 0.309 e. The molecule has 1 rings (SSSR count). The summed E-state index contributed by atoms with van der Waals surface area (Å²) in [6.45, 7) is 2.18. The molecule has 0 atom stereocenters. The van der Waals surface area contributed by atoms with Crippen LogP contribution in [0.2, 0.25) is 5.15 Å². The first-order chi connectivity index (χ1) is 7.24. The zero-order valence-electron chi connectivity index (χ0n) is 8.44. The van der Waals surface area contributed by atoms with E-state index < -0.39 is 0 Å². The van der Waals surface area contributed by atoms with Crippen LogP contribution in [0.25, 0.3) is 6.08 Å². The van der Waals surface area contributed by atoms with Crippen molar-refractivity contribution < 1.29 is 9.53 Å². The minimum atomic E-state index is -0.242. The van der Waals surface area contributed by atoms with Crippen molar-refractivity contribution in [3.05, 3.63) is 35.1 Å². The zero-order chi connectivity index (χ0) is 11.1. The molecule has 15 heavy (non-hydrogen) atoms. The highest BCUT2D eigenvalue weighted by molar-refractivity contribution is 6.30. The molecule has 0 amide bonds. The van der Waals surface area contributed by atoms with Gasteiger partial charge in [-0.05, 0) is 13.0 Å². The molecule has 0 saturated carbocycles. The van der Waals surface area contributed by atoms with E-state index in [1.54, 1.807) is 31.3 Å². The average Bonchev–Trinajstić information content (AvgIpc) is 2.21. The molecular formula is C11H12ClNO2. The topological polar surface area (TPSA) is 39.2 Å². The van der Waals surface area contributed by atoms with Crippen LogP contribution in [-0.2, 0) is 9.53 Å². The SMILES string of the molecule is CCOC(=O)CC=Cc1cccnc1Cl. The molecule has 0 aromatic carbocycles. The van der Waals surface area contributed by atoms with E-state index in [4.69, 9.17) is 16.3 Å². The minimum absolute atomic E-state index is 0.242. The van der Waals surface area contributed by atoms with Crippen molar-refractivity contribution in [3.8, 4) is 0 Å². The summed E-state index contributed by atoms with van der Waals surface area (Å²) in [4.78, 5) is 14.9. The number of nitrogens with zero attached hydrogens (tertiary/aromatic N) is 1. The third-order valence-corrected chi connectivity index (χ3v) is 1.99. The fourth-order valence-corrected chi connectivity index (χ4v) is 1.21. The third-order valence-electron chi connectivity index (χ3n) is 1.68. The van der Waals surface area contributed by atoms with Crippen LogP contribution in [0.1, 0.15) is 18.9 Å². The highest BCUT2D eigenvalue weighted by atomic mass is 35.5. The van der Waals surface area contributed by atoms with Crippen molar-refractivity contribution in [1.82, 2.24) is 4.98 Å². The number of carbonyl (C=O) groups is 1. The van der Waals surface area contributed by atoms with Gasteiger partial charge in [0.05, 0.1) is 13.0 Å². The van der Waals surface area contributed by atoms with Gasteiger partial charge in [-0.2, -0.15) is 0 Å². The van der Waals surface area contributed by atoms with Crippen LogP contribution in [0.4, 0.5) is 0 Å². The van der Waals surface area contributed by atoms with Crippen molar-refractivity contribution in [1.29, 1.82) is 0 Å². The quantitative estimate of drug-likeness (QED) is 0.584. The van der Waals surface area contributed by atoms with E-state index in [0.29, 0.717) is 11.8 Å². The van der Waals surface area contributed by atoms with E-state index in [2.05, 4.69) is 4.98 Å². The summed E-state index contributed by atoms with van der Waals surface area (Å²) in [5.74, 6) is -0.242. The Balaban J connectivity index is 2.52. The molecule has 0 aliphatic heterocycles. The number of hydrogen-bond donors (Lipinski definition) is 0. The van der Waals surface area contributed by atoms with Crippen LogP contribution >= 0.6 is 11.6 Å². The average molecular weight is 226 g/mol. The number of hydrogen-bond acceptors (Lipinski definition) is 3. The lowest BCUT2D eigenvalue weighted by molar-refractivity contribution is -0.142. The fraction of sp³-hybridized carbons (Fsp3) is 0.273. The molecule has 0 radical (unpaired) electrons. The molecule has 1 aromatic heterocycles. The van der Waals surface area contributed by atoms with Gasteiger partial charge in [-0.15, -0.1) is 0 Å². The van der Waals surface area contributed by atoms with Gasteiger partial charge in [0.15, 0.2) is 0 Å². The van der Waals surface area contributed by atoms with E-state index in [1.165, 1.54) is 0 Å². The Morgan fingerprint density at radius 1 is 1.67 bits per heavy atom. The highest BCUT2D eigenvalue weighted by Crippen LogP contribution is 2.13. The maximum absolute atomic E-state index is 11.0. The van der Waals surface area contributed by atoms with Gasteiger partial charge in [0.1, 0.15) is 5.15 Å². The summed E-state index contributed by atoms with van der Waals surface area (Å²) in [7, 11) is 0. The van der Waals surface area contributed by atoms with Crippen LogP contribution in [0.3, 0.4) is 0 Å². The summed E-state index contributed by atoms with van der Waals surface area (Å²) in [6.07, 6.45) is 5.33. The first-order valence-electron chi connectivity index (χ1n) is 4.66. The van der Waals surface area contributed by atoms with Crippen LogP contribution in [0.15, 0.2) is 24.4 Å². The van der Waals surface area contributed by atoms with Gasteiger partial charge in [0.25, 0.3) is 0 Å². The van der Waals surface area contributed by atoms with E-state index in [1.807, 2.05) is 6.07 Å². The Labute approximate surface area is 93.7 Å². The second-order valence-electron chi connectivity index (χ2n) is 2.79. The molecular weight excluding hydrogens is 214 g/mol. The molecule has 0 spiro atoms. The molecule has 4 heteroatoms. The highest BCUT2D eigenvalue weighted by Gasteiger charge is 1.98. The Hall–Kier alpha value is -1.35. The third kappa shape index (κ3) is 4.13. The molecule has 0 aliphatic rings. The molecule has 0 aliphatic carbocycles. The summed E-state index contributed by atoms with van der Waals surface area (Å²) < 4.78 is 4.77. The summed E-state index contributed by atoms with van der Waals surface area (Å²) in [6, 6.07) is 3.62. The van der Waals surface area contributed by atoms with Crippen LogP contribution in [0, 0.1) is 0 Å². The first-order valence-corrected chi connectivity index (χ1v) is 5.04. The van der Waals surface area contributed by atoms with Gasteiger partial charge >= 0.3 is 5.97 Å². The van der Waals surface area contributed by atoms with Crippen LogP contribution < -0.4 is 0 Å². The minimum Gasteiger partial charge on any atom is -0.466 e. The van der Waals surface area contributed by atoms with Gasteiger partial charge in [-0.3, -0.25) is 4.79 Å². The Kier molecular flexibility index (Phi) is 4.84. The lowest BCUT2D eigenvalue weighted by Gasteiger charge is -1.97. The summed E-state index contributed by atoms with van der Waals surface area (Å²) in [5.41, 5.74) is 0.795. The lowest BCUT2D eigenvalue weighted by Crippen LogP contribution is -2.01. The Bertz CT molecular complexity index is 363. The molecule has 3 nitrogen and oxygen atoms in total. The predicted molar refractivity (Wildman–Crippen MR) is 59.5 cm³/mol. The molecule has 0 saturated heterocycles. The van der Waals surface area contributed by atoms with Crippen molar-refractivity contribution in [2.24, 2.45) is 0 Å². The smallest absolute Gasteiger partial charge is 0.309 e. The first kappa shape index (κ1) is 11.7. The normalized spacial score (nSPS) is 10.5. The van der Waals surface area contributed by atoms with E-state index in [-0.39, 0.29) is 12.4 Å². The van der Waals surface area contributed by atoms with Crippen molar-refractivity contribution >= 4 is 23.6 Å².